The number of benzene rings is 1. The van der Waals surface area contributed by atoms with Gasteiger partial charge in [-0.15, -0.1) is 0 Å². The van der Waals surface area contributed by atoms with Gasteiger partial charge in [0.2, 0.25) is 15.9 Å². The zero-order valence-corrected chi connectivity index (χ0v) is 13.7. The van der Waals surface area contributed by atoms with Crippen LogP contribution in [0, 0.1) is 12.8 Å². The number of rotatable bonds is 3. The van der Waals surface area contributed by atoms with Crippen molar-refractivity contribution in [2.24, 2.45) is 5.92 Å². The molecule has 1 aliphatic heterocycles. The Morgan fingerprint density at radius 2 is 1.76 bits per heavy atom. The summed E-state index contributed by atoms with van der Waals surface area (Å²) in [6.45, 7) is 8.06. The Hall–Kier alpha value is -1.40. The quantitative estimate of drug-likeness (QED) is 0.856. The van der Waals surface area contributed by atoms with E-state index < -0.39 is 16.2 Å². The van der Waals surface area contributed by atoms with E-state index in [0.29, 0.717) is 13.1 Å². The summed E-state index contributed by atoms with van der Waals surface area (Å²) < 4.78 is 27.1. The molecule has 0 aliphatic carbocycles. The van der Waals surface area contributed by atoms with E-state index in [-0.39, 0.29) is 16.7 Å². The lowest BCUT2D eigenvalue weighted by Crippen LogP contribution is -2.46. The lowest BCUT2D eigenvalue weighted by molar-refractivity contribution is -0.131. The van der Waals surface area contributed by atoms with E-state index >= 15 is 0 Å². The Morgan fingerprint density at radius 1 is 1.19 bits per heavy atom. The van der Waals surface area contributed by atoms with E-state index in [4.69, 9.17) is 0 Å². The average molecular weight is 310 g/mol. The van der Waals surface area contributed by atoms with Crippen molar-refractivity contribution < 1.29 is 13.2 Å². The molecular formula is C15H22N2O3S. The molecule has 1 atom stereocenters. The number of carbonyl (C=O) groups excluding carboxylic acids is 1. The van der Waals surface area contributed by atoms with E-state index in [2.05, 4.69) is 0 Å². The number of nitrogens with zero attached hydrogens (tertiary/aromatic N) is 2. The molecule has 116 valence electrons. The maximum Gasteiger partial charge on any atom is 0.244 e. The molecule has 0 unspecified atom stereocenters. The van der Waals surface area contributed by atoms with E-state index in [1.807, 2.05) is 20.8 Å². The van der Waals surface area contributed by atoms with E-state index in [9.17, 15) is 13.2 Å². The predicted molar refractivity (Wildman–Crippen MR) is 81.1 cm³/mol. The number of amides is 1. The lowest BCUT2D eigenvalue weighted by Gasteiger charge is -2.32. The molecule has 1 amide bonds. The summed E-state index contributed by atoms with van der Waals surface area (Å²) in [6.07, 6.45) is -0.409. The first-order chi connectivity index (χ1) is 9.75. The van der Waals surface area contributed by atoms with Crippen LogP contribution in [0.3, 0.4) is 0 Å². The molecule has 1 fully saturated rings. The number of aryl methyl sites for hydroxylation is 1. The summed E-state index contributed by atoms with van der Waals surface area (Å²) >= 11 is 0. The fourth-order valence-corrected chi connectivity index (χ4v) is 4.48. The van der Waals surface area contributed by atoms with Gasteiger partial charge in [0.15, 0.2) is 0 Å². The van der Waals surface area contributed by atoms with Crippen LogP contribution in [0.4, 0.5) is 0 Å². The molecule has 1 aromatic rings. The third-order valence-corrected chi connectivity index (χ3v) is 5.69. The molecule has 1 heterocycles. The van der Waals surface area contributed by atoms with E-state index in [1.54, 1.807) is 29.2 Å². The standard InChI is InChI=1S/C15H22N2O3S/c1-11(2)15-16(13(4)18)9-10-17(15)21(19,20)14-7-5-12(3)6-8-14/h5-8,11,15H,9-10H2,1-4H3/t15-/m1/s1. The van der Waals surface area contributed by atoms with Crippen molar-refractivity contribution in [2.75, 3.05) is 13.1 Å². The second-order valence-electron chi connectivity index (χ2n) is 5.80. The van der Waals surface area contributed by atoms with Gasteiger partial charge in [-0.05, 0) is 25.0 Å². The number of sulfonamides is 1. The summed E-state index contributed by atoms with van der Waals surface area (Å²) in [5.41, 5.74) is 1.01. The molecule has 1 aromatic carbocycles. The van der Waals surface area contributed by atoms with Crippen molar-refractivity contribution in [1.82, 2.24) is 9.21 Å². The molecule has 0 aromatic heterocycles. The topological polar surface area (TPSA) is 57.7 Å². The zero-order chi connectivity index (χ0) is 15.8. The van der Waals surface area contributed by atoms with Gasteiger partial charge in [-0.25, -0.2) is 8.42 Å². The van der Waals surface area contributed by atoms with Crippen LogP contribution < -0.4 is 0 Å². The Bertz CT molecular complexity index is 623. The summed E-state index contributed by atoms with van der Waals surface area (Å²) in [7, 11) is -3.58. The van der Waals surface area contributed by atoms with Crippen LogP contribution in [-0.2, 0) is 14.8 Å². The minimum atomic E-state index is -3.58. The summed E-state index contributed by atoms with van der Waals surface area (Å²) in [5, 5.41) is 0. The Balaban J connectivity index is 2.39. The Morgan fingerprint density at radius 3 is 2.24 bits per heavy atom. The van der Waals surface area contributed by atoms with Crippen LogP contribution in [0.1, 0.15) is 26.3 Å². The normalized spacial score (nSPS) is 20.2. The first-order valence-electron chi connectivity index (χ1n) is 7.11. The highest BCUT2D eigenvalue weighted by Crippen LogP contribution is 2.28. The van der Waals surface area contributed by atoms with Gasteiger partial charge in [0.25, 0.3) is 0 Å². The van der Waals surface area contributed by atoms with Crippen LogP contribution in [-0.4, -0.2) is 42.8 Å². The second kappa shape index (κ2) is 5.77. The van der Waals surface area contributed by atoms with Crippen molar-refractivity contribution >= 4 is 15.9 Å². The molecule has 0 radical (unpaired) electrons. The Labute approximate surface area is 126 Å². The zero-order valence-electron chi connectivity index (χ0n) is 12.9. The average Bonchev–Trinajstić information content (AvgIpc) is 2.84. The highest BCUT2D eigenvalue weighted by atomic mass is 32.2. The number of hydrogen-bond donors (Lipinski definition) is 0. The van der Waals surface area contributed by atoms with Crippen LogP contribution >= 0.6 is 0 Å². The van der Waals surface area contributed by atoms with Crippen molar-refractivity contribution in [3.8, 4) is 0 Å². The van der Waals surface area contributed by atoms with Gasteiger partial charge >= 0.3 is 0 Å². The SMILES string of the molecule is CC(=O)N1CCN(S(=O)(=O)c2ccc(C)cc2)[C@@H]1C(C)C. The molecule has 0 spiro atoms. The highest BCUT2D eigenvalue weighted by molar-refractivity contribution is 7.89. The van der Waals surface area contributed by atoms with Gasteiger partial charge in [0.05, 0.1) is 4.90 Å². The molecule has 0 saturated carbocycles. The van der Waals surface area contributed by atoms with E-state index in [0.717, 1.165) is 5.56 Å². The van der Waals surface area contributed by atoms with Gasteiger partial charge in [0, 0.05) is 20.0 Å². The lowest BCUT2D eigenvalue weighted by atomic mass is 10.1. The van der Waals surface area contributed by atoms with Crippen LogP contribution in [0.2, 0.25) is 0 Å². The van der Waals surface area contributed by atoms with Gasteiger partial charge in [0.1, 0.15) is 6.17 Å². The minimum Gasteiger partial charge on any atom is -0.325 e. The first kappa shape index (κ1) is 16.0. The molecule has 2 rings (SSSR count). The molecule has 1 aliphatic rings. The molecule has 6 heteroatoms. The largest absolute Gasteiger partial charge is 0.325 e. The molecular weight excluding hydrogens is 288 g/mol. The van der Waals surface area contributed by atoms with Crippen molar-refractivity contribution in [2.45, 2.75) is 38.8 Å². The van der Waals surface area contributed by atoms with Crippen LogP contribution in [0.5, 0.6) is 0 Å². The molecule has 5 nitrogen and oxygen atoms in total. The van der Waals surface area contributed by atoms with Gasteiger partial charge < -0.3 is 4.90 Å². The summed E-state index contributed by atoms with van der Waals surface area (Å²) in [5.74, 6) is -0.0491. The fraction of sp³-hybridized carbons (Fsp3) is 0.533. The predicted octanol–water partition coefficient (Wildman–Crippen LogP) is 1.83. The second-order valence-corrected chi connectivity index (χ2v) is 7.69. The molecule has 0 bridgehead atoms. The summed E-state index contributed by atoms with van der Waals surface area (Å²) in [4.78, 5) is 13.6. The number of hydrogen-bond acceptors (Lipinski definition) is 3. The van der Waals surface area contributed by atoms with Crippen molar-refractivity contribution in [3.05, 3.63) is 29.8 Å². The first-order valence-corrected chi connectivity index (χ1v) is 8.55. The van der Waals surface area contributed by atoms with Gasteiger partial charge in [-0.3, -0.25) is 4.79 Å². The van der Waals surface area contributed by atoms with Gasteiger partial charge in [-0.1, -0.05) is 31.5 Å². The molecule has 0 N–H and O–H groups in total. The van der Waals surface area contributed by atoms with E-state index in [1.165, 1.54) is 11.2 Å². The maximum absolute atomic E-state index is 12.8. The third-order valence-electron chi connectivity index (χ3n) is 3.80. The minimum absolute atomic E-state index is 0.0385. The Kier molecular flexibility index (Phi) is 4.39. The molecule has 21 heavy (non-hydrogen) atoms. The monoisotopic (exact) mass is 310 g/mol. The van der Waals surface area contributed by atoms with Crippen molar-refractivity contribution in [1.29, 1.82) is 0 Å². The summed E-state index contributed by atoms with van der Waals surface area (Å²) in [6, 6.07) is 6.82. The highest BCUT2D eigenvalue weighted by Gasteiger charge is 2.42. The third kappa shape index (κ3) is 2.96. The smallest absolute Gasteiger partial charge is 0.244 e. The van der Waals surface area contributed by atoms with Crippen molar-refractivity contribution in [3.63, 3.8) is 0 Å². The van der Waals surface area contributed by atoms with Gasteiger partial charge in [-0.2, -0.15) is 4.31 Å². The fourth-order valence-electron chi connectivity index (χ4n) is 2.77. The van der Waals surface area contributed by atoms with Crippen LogP contribution in [0.15, 0.2) is 29.2 Å². The number of carbonyl (C=O) groups is 1. The molecule has 1 saturated heterocycles. The van der Waals surface area contributed by atoms with Crippen LogP contribution in [0.25, 0.3) is 0 Å². The maximum atomic E-state index is 12.8.